The summed E-state index contributed by atoms with van der Waals surface area (Å²) in [6, 6.07) is 0. The molecule has 0 aromatic carbocycles. The van der Waals surface area contributed by atoms with Gasteiger partial charge in [-0.05, 0) is 12.8 Å². The summed E-state index contributed by atoms with van der Waals surface area (Å²) in [6.45, 7) is 13.1. The smallest absolute Gasteiger partial charge is 1.00 e. The Hall–Kier alpha value is 0.630. The van der Waals surface area contributed by atoms with Gasteiger partial charge in [-0.1, -0.05) is 52.6 Å². The zero-order valence-corrected chi connectivity index (χ0v) is 20.3. The second kappa shape index (κ2) is 17.5. The minimum Gasteiger partial charge on any atom is -1.00 e. The third kappa shape index (κ3) is 12.6. The molecule has 0 aromatic rings. The largest absolute Gasteiger partial charge is 4.00 e. The van der Waals surface area contributed by atoms with E-state index in [1.54, 1.807) is 0 Å². The van der Waals surface area contributed by atoms with Crippen LogP contribution in [0.25, 0.3) is 5.73 Å². The van der Waals surface area contributed by atoms with Crippen LogP contribution in [0.15, 0.2) is 16.7 Å². The molecule has 1 atom stereocenters. The molecular formula is C17H30Cl2NOSiZr. The summed E-state index contributed by atoms with van der Waals surface area (Å²) in [5.74, 6) is 0.294. The quantitative estimate of drug-likeness (QED) is 0.370. The first-order valence-corrected chi connectivity index (χ1v) is 9.93. The fraction of sp³-hybridized carbons (Fsp3) is 0.706. The van der Waals surface area contributed by atoms with Crippen LogP contribution < -0.4 is 24.8 Å². The van der Waals surface area contributed by atoms with Gasteiger partial charge in [0.25, 0.3) is 0 Å². The number of amides is 1. The Bertz CT molecular complexity index is 381. The van der Waals surface area contributed by atoms with Crippen LogP contribution in [0.5, 0.6) is 0 Å². The van der Waals surface area contributed by atoms with Crippen molar-refractivity contribution in [3.63, 3.8) is 0 Å². The van der Waals surface area contributed by atoms with E-state index in [9.17, 15) is 4.79 Å². The number of hydrogen-bond acceptors (Lipinski definition) is 1. The second-order valence-corrected chi connectivity index (χ2v) is 6.88. The summed E-state index contributed by atoms with van der Waals surface area (Å²) in [7, 11) is 0.750. The number of carbonyl (C=O) groups is 1. The Kier molecular flexibility index (Phi) is 23.8. The van der Waals surface area contributed by atoms with E-state index in [0.717, 1.165) is 35.2 Å². The molecule has 1 amide bonds. The molecule has 1 saturated carbocycles. The average Bonchev–Trinajstić information content (AvgIpc) is 2.98. The van der Waals surface area contributed by atoms with Crippen LogP contribution in [-0.4, -0.2) is 15.4 Å². The van der Waals surface area contributed by atoms with Gasteiger partial charge in [-0.15, -0.1) is 6.92 Å². The molecule has 23 heavy (non-hydrogen) atoms. The molecule has 2 nitrogen and oxygen atoms in total. The van der Waals surface area contributed by atoms with Crippen molar-refractivity contribution in [2.75, 3.05) is 0 Å². The summed E-state index contributed by atoms with van der Waals surface area (Å²) in [6.07, 6.45) is 7.58. The summed E-state index contributed by atoms with van der Waals surface area (Å²) in [4.78, 5) is 10.3. The van der Waals surface area contributed by atoms with Crippen molar-refractivity contribution < 1.29 is 55.8 Å². The minimum atomic E-state index is -0.359. The van der Waals surface area contributed by atoms with Crippen molar-refractivity contribution >= 4 is 15.4 Å². The van der Waals surface area contributed by atoms with E-state index in [-0.39, 0.29) is 62.8 Å². The van der Waals surface area contributed by atoms with Gasteiger partial charge in [-0.3, -0.25) is 6.08 Å². The molecule has 0 heterocycles. The number of halogens is 2. The van der Waals surface area contributed by atoms with E-state index in [0.29, 0.717) is 5.92 Å². The predicted molar refractivity (Wildman–Crippen MR) is 90.1 cm³/mol. The van der Waals surface area contributed by atoms with E-state index in [1.165, 1.54) is 16.7 Å². The van der Waals surface area contributed by atoms with E-state index in [2.05, 4.69) is 46.9 Å². The maximum atomic E-state index is 10.3. The molecule has 131 valence electrons. The van der Waals surface area contributed by atoms with Crippen LogP contribution in [0.4, 0.5) is 0 Å². The van der Waals surface area contributed by atoms with Gasteiger partial charge >= 0.3 is 26.2 Å². The van der Waals surface area contributed by atoms with E-state index < -0.39 is 0 Å². The molecular weight excluding hydrogens is 424 g/mol. The second-order valence-electron chi connectivity index (χ2n) is 5.72. The van der Waals surface area contributed by atoms with Crippen molar-refractivity contribution in [3.8, 4) is 0 Å². The predicted octanol–water partition coefficient (Wildman–Crippen LogP) is -0.998. The third-order valence-corrected chi connectivity index (χ3v) is 3.96. The summed E-state index contributed by atoms with van der Waals surface area (Å²) < 4.78 is 0. The average molecular weight is 455 g/mol. The molecule has 0 bridgehead atoms. The Morgan fingerprint density at radius 3 is 1.65 bits per heavy atom. The molecule has 0 aromatic heterocycles. The van der Waals surface area contributed by atoms with Gasteiger partial charge in [0.1, 0.15) is 0 Å². The number of rotatable bonds is 1. The normalized spacial score (nSPS) is 18.9. The summed E-state index contributed by atoms with van der Waals surface area (Å²) >= 11 is 0. The van der Waals surface area contributed by atoms with Crippen LogP contribution in [0, 0.1) is 17.9 Å². The number of allylic oxidation sites excluding steroid dienone is 4. The van der Waals surface area contributed by atoms with E-state index in [1.807, 2.05) is 0 Å². The molecule has 0 saturated heterocycles. The zero-order chi connectivity index (χ0) is 15.7. The van der Waals surface area contributed by atoms with Gasteiger partial charge in [-0.25, -0.2) is 5.57 Å². The molecule has 0 spiro atoms. The molecule has 1 N–H and O–H groups in total. The van der Waals surface area contributed by atoms with Gasteiger partial charge in [0, 0.05) is 15.4 Å². The SMILES string of the molecule is CC1=[C-]C(C)C(C)=C1C.C[SiH]C.[Cl-].[Cl-].[NH-]C(=O)C1CCCC1.[Zr+4]. The Morgan fingerprint density at radius 2 is 1.52 bits per heavy atom. The minimum absolute atomic E-state index is 0. The standard InChI is InChI=1S/C9H13.C6H11NO.C2H7Si.2ClH.Zr/c1-6-5-7(2)9(4)8(6)3;7-6(8)5-3-1-2-4-5;1-3-2;;;/h6H,1-4H3;5H,1-4H2,(H2,7,8);3H,1-2H3;2*1H;/q-1;;;;;+4/p-3. The van der Waals surface area contributed by atoms with Crippen molar-refractivity contribution in [2.24, 2.45) is 11.8 Å². The van der Waals surface area contributed by atoms with Crippen LogP contribution in [0.3, 0.4) is 0 Å². The summed E-state index contributed by atoms with van der Waals surface area (Å²) in [5, 5.41) is 0. The van der Waals surface area contributed by atoms with Crippen molar-refractivity contribution in [1.82, 2.24) is 0 Å². The van der Waals surface area contributed by atoms with Gasteiger partial charge in [0.2, 0.25) is 0 Å². The molecule has 2 aliphatic carbocycles. The van der Waals surface area contributed by atoms with Crippen LogP contribution in [-0.2, 0) is 31.0 Å². The molecule has 1 unspecified atom stereocenters. The summed E-state index contributed by atoms with van der Waals surface area (Å²) in [5.41, 5.74) is 11.0. The zero-order valence-electron chi connectivity index (χ0n) is 15.2. The topological polar surface area (TPSA) is 40.9 Å². The molecule has 6 heteroatoms. The van der Waals surface area contributed by atoms with Gasteiger partial charge in [0.15, 0.2) is 0 Å². The molecule has 1 radical (unpaired) electrons. The van der Waals surface area contributed by atoms with Crippen molar-refractivity contribution in [3.05, 3.63) is 28.5 Å². The number of hydrogen-bond donors (Lipinski definition) is 0. The van der Waals surface area contributed by atoms with Crippen molar-refractivity contribution in [2.45, 2.75) is 66.5 Å². The Morgan fingerprint density at radius 1 is 1.13 bits per heavy atom. The van der Waals surface area contributed by atoms with E-state index >= 15 is 0 Å². The van der Waals surface area contributed by atoms with Crippen LogP contribution in [0.2, 0.25) is 13.1 Å². The Balaban J connectivity index is -0.000000121. The van der Waals surface area contributed by atoms with Gasteiger partial charge < -0.3 is 35.3 Å². The molecule has 2 aliphatic rings. The molecule has 1 fully saturated rings. The maximum absolute atomic E-state index is 10.3. The first kappa shape index (κ1) is 31.4. The van der Waals surface area contributed by atoms with Crippen LogP contribution in [0.1, 0.15) is 53.4 Å². The molecule has 0 aliphatic heterocycles. The van der Waals surface area contributed by atoms with E-state index in [4.69, 9.17) is 5.73 Å². The Labute approximate surface area is 177 Å². The fourth-order valence-corrected chi connectivity index (χ4v) is 2.35. The molecule has 2 rings (SSSR count). The van der Waals surface area contributed by atoms with Gasteiger partial charge in [-0.2, -0.15) is 11.1 Å². The third-order valence-electron chi connectivity index (χ3n) is 3.96. The maximum Gasteiger partial charge on any atom is 4.00 e. The first-order valence-electron chi connectivity index (χ1n) is 7.62. The number of carbonyl (C=O) groups excluding carboxylic acids is 1. The number of nitrogens with one attached hydrogen (secondary N) is 1. The monoisotopic (exact) mass is 452 g/mol. The fourth-order valence-electron chi connectivity index (χ4n) is 2.35. The van der Waals surface area contributed by atoms with Gasteiger partial charge in [0.05, 0.1) is 5.91 Å². The van der Waals surface area contributed by atoms with Crippen molar-refractivity contribution in [1.29, 1.82) is 0 Å². The van der Waals surface area contributed by atoms with Crippen LogP contribution >= 0.6 is 0 Å². The first-order chi connectivity index (χ1) is 9.34.